The summed E-state index contributed by atoms with van der Waals surface area (Å²) in [5, 5.41) is 13.8. The predicted molar refractivity (Wildman–Crippen MR) is 123 cm³/mol. The minimum atomic E-state index is -0.280. The van der Waals surface area contributed by atoms with Crippen LogP contribution in [0.2, 0.25) is 5.02 Å². The number of hydrogen-bond donors (Lipinski definition) is 0. The summed E-state index contributed by atoms with van der Waals surface area (Å²) in [4.78, 5) is 17.5. The second kappa shape index (κ2) is 9.60. The van der Waals surface area contributed by atoms with Gasteiger partial charge in [-0.05, 0) is 40.2 Å². The highest BCUT2D eigenvalue weighted by Gasteiger charge is 2.17. The Labute approximate surface area is 194 Å². The lowest BCUT2D eigenvalue weighted by Crippen LogP contribution is -2.22. The molecule has 0 radical (unpaired) electrons. The largest absolute Gasteiger partial charge is 0.493 e. The van der Waals surface area contributed by atoms with Crippen molar-refractivity contribution in [3.8, 4) is 17.6 Å². The van der Waals surface area contributed by atoms with E-state index in [1.54, 1.807) is 18.2 Å². The SMILES string of the molecule is CCc1nc2ccc(Br)cc2c(=O)n1N=Cc1cc(OC)c(OCC#N)c(Cl)c1Br. The number of ether oxygens (including phenoxy) is 2. The molecule has 0 aliphatic heterocycles. The third-order valence-corrected chi connectivity index (χ3v) is 6.10. The molecule has 0 saturated heterocycles. The molecular weight excluding hydrogens is 540 g/mol. The summed E-state index contributed by atoms with van der Waals surface area (Å²) in [5.74, 6) is 1.10. The van der Waals surface area contributed by atoms with Crippen LogP contribution in [-0.2, 0) is 6.42 Å². The zero-order chi connectivity index (χ0) is 21.8. The van der Waals surface area contributed by atoms with Gasteiger partial charge in [0.15, 0.2) is 18.1 Å². The molecule has 0 aliphatic carbocycles. The molecule has 0 N–H and O–H groups in total. The van der Waals surface area contributed by atoms with Crippen molar-refractivity contribution < 1.29 is 9.47 Å². The molecule has 0 bridgehead atoms. The van der Waals surface area contributed by atoms with Gasteiger partial charge in [-0.25, -0.2) is 4.98 Å². The molecule has 3 rings (SSSR count). The fraction of sp³-hybridized carbons (Fsp3) is 0.200. The highest BCUT2D eigenvalue weighted by molar-refractivity contribution is 9.10. The van der Waals surface area contributed by atoms with Crippen LogP contribution < -0.4 is 15.0 Å². The molecule has 0 spiro atoms. The van der Waals surface area contributed by atoms with Crippen LogP contribution in [0.25, 0.3) is 10.9 Å². The predicted octanol–water partition coefficient (Wildman–Crippen LogP) is 4.93. The first-order valence-electron chi connectivity index (χ1n) is 8.72. The minimum Gasteiger partial charge on any atom is -0.493 e. The molecule has 3 aromatic rings. The number of hydrogen-bond acceptors (Lipinski definition) is 6. The number of rotatable bonds is 6. The van der Waals surface area contributed by atoms with E-state index in [1.807, 2.05) is 19.1 Å². The summed E-state index contributed by atoms with van der Waals surface area (Å²) < 4.78 is 13.2. The van der Waals surface area contributed by atoms with Gasteiger partial charge < -0.3 is 9.47 Å². The fourth-order valence-electron chi connectivity index (χ4n) is 2.75. The van der Waals surface area contributed by atoms with Crippen LogP contribution >= 0.6 is 43.5 Å². The van der Waals surface area contributed by atoms with Gasteiger partial charge in [0.2, 0.25) is 0 Å². The zero-order valence-electron chi connectivity index (χ0n) is 15.9. The molecule has 10 heteroatoms. The lowest BCUT2D eigenvalue weighted by molar-refractivity contribution is 0.329. The van der Waals surface area contributed by atoms with Crippen LogP contribution in [0.4, 0.5) is 0 Å². The number of halogens is 3. The van der Waals surface area contributed by atoms with Crippen molar-refractivity contribution in [2.24, 2.45) is 5.10 Å². The summed E-state index contributed by atoms with van der Waals surface area (Å²) in [5.41, 5.74) is 0.887. The maximum absolute atomic E-state index is 13.0. The Balaban J connectivity index is 2.13. The second-order valence-corrected chi connectivity index (χ2v) is 8.06. The molecular formula is C20H15Br2ClN4O3. The van der Waals surface area contributed by atoms with Gasteiger partial charge in [-0.3, -0.25) is 4.79 Å². The fourth-order valence-corrected chi connectivity index (χ4v) is 3.77. The minimum absolute atomic E-state index is 0.177. The third-order valence-electron chi connectivity index (χ3n) is 4.16. The third kappa shape index (κ3) is 4.36. The van der Waals surface area contributed by atoms with Crippen LogP contribution in [0, 0.1) is 11.3 Å². The van der Waals surface area contributed by atoms with Crippen molar-refractivity contribution in [3.05, 3.63) is 60.0 Å². The molecule has 30 heavy (non-hydrogen) atoms. The monoisotopic (exact) mass is 552 g/mol. The maximum Gasteiger partial charge on any atom is 0.282 e. The summed E-state index contributed by atoms with van der Waals surface area (Å²) in [6, 6.07) is 8.87. The molecule has 0 unspecified atom stereocenters. The average molecular weight is 555 g/mol. The Morgan fingerprint density at radius 2 is 2.13 bits per heavy atom. The van der Waals surface area contributed by atoms with Crippen molar-refractivity contribution in [2.75, 3.05) is 13.7 Å². The molecule has 1 aromatic heterocycles. The van der Waals surface area contributed by atoms with Gasteiger partial charge in [-0.2, -0.15) is 15.0 Å². The Hall–Kier alpha value is -2.41. The second-order valence-electron chi connectivity index (χ2n) is 5.98. The number of nitriles is 1. The first-order valence-corrected chi connectivity index (χ1v) is 10.7. The van der Waals surface area contributed by atoms with Gasteiger partial charge in [0.1, 0.15) is 16.9 Å². The molecule has 154 valence electrons. The molecule has 0 fully saturated rings. The first kappa shape index (κ1) is 22.3. The summed E-state index contributed by atoms with van der Waals surface area (Å²) >= 11 is 13.2. The highest BCUT2D eigenvalue weighted by atomic mass is 79.9. The molecule has 0 amide bonds. The zero-order valence-corrected chi connectivity index (χ0v) is 19.9. The molecule has 2 aromatic carbocycles. The highest BCUT2D eigenvalue weighted by Crippen LogP contribution is 2.42. The summed E-state index contributed by atoms with van der Waals surface area (Å²) in [6.45, 7) is 1.72. The van der Waals surface area contributed by atoms with Crippen molar-refractivity contribution in [1.82, 2.24) is 9.66 Å². The van der Waals surface area contributed by atoms with E-state index in [0.29, 0.717) is 38.9 Å². The van der Waals surface area contributed by atoms with E-state index in [9.17, 15) is 4.79 Å². The van der Waals surface area contributed by atoms with E-state index in [2.05, 4.69) is 41.9 Å². The smallest absolute Gasteiger partial charge is 0.282 e. The van der Waals surface area contributed by atoms with Gasteiger partial charge in [-0.15, -0.1) is 0 Å². The van der Waals surface area contributed by atoms with Gasteiger partial charge in [-0.1, -0.05) is 34.5 Å². The van der Waals surface area contributed by atoms with E-state index < -0.39 is 0 Å². The Kier molecular flexibility index (Phi) is 7.13. The van der Waals surface area contributed by atoms with Gasteiger partial charge in [0.05, 0.1) is 24.2 Å². The lowest BCUT2D eigenvalue weighted by atomic mass is 10.2. The van der Waals surface area contributed by atoms with Gasteiger partial charge >= 0.3 is 0 Å². The van der Waals surface area contributed by atoms with Crippen LogP contribution in [0.3, 0.4) is 0 Å². The lowest BCUT2D eigenvalue weighted by Gasteiger charge is -2.13. The van der Waals surface area contributed by atoms with Crippen molar-refractivity contribution >= 4 is 60.6 Å². The number of fused-ring (bicyclic) bond motifs is 1. The Bertz CT molecular complexity index is 1250. The van der Waals surface area contributed by atoms with Crippen LogP contribution in [0.5, 0.6) is 11.5 Å². The average Bonchev–Trinajstić information content (AvgIpc) is 2.75. The summed E-state index contributed by atoms with van der Waals surface area (Å²) in [7, 11) is 1.46. The van der Waals surface area contributed by atoms with Crippen molar-refractivity contribution in [2.45, 2.75) is 13.3 Å². The number of methoxy groups -OCH3 is 1. The van der Waals surface area contributed by atoms with Crippen LogP contribution in [0.15, 0.2) is 43.1 Å². The molecule has 0 aliphatic rings. The normalized spacial score (nSPS) is 11.1. The van der Waals surface area contributed by atoms with E-state index in [1.165, 1.54) is 18.0 Å². The van der Waals surface area contributed by atoms with Crippen LogP contribution in [0.1, 0.15) is 18.3 Å². The maximum atomic E-state index is 13.0. The molecule has 1 heterocycles. The standard InChI is InChI=1S/C20H15Br2ClN4O3/c1-3-16-26-14-5-4-12(21)9-13(14)20(28)27(16)25-10-11-8-15(29-2)19(30-7-6-24)18(23)17(11)22/h4-5,8-10H,3,7H2,1-2H3. The number of nitrogens with zero attached hydrogens (tertiary/aromatic N) is 4. The van der Waals surface area contributed by atoms with Crippen LogP contribution in [-0.4, -0.2) is 29.6 Å². The first-order chi connectivity index (χ1) is 14.4. The number of benzene rings is 2. The molecule has 0 atom stereocenters. The van der Waals surface area contributed by atoms with Gasteiger partial charge in [0.25, 0.3) is 5.56 Å². The molecule has 7 nitrogen and oxygen atoms in total. The van der Waals surface area contributed by atoms with E-state index in [0.717, 1.165) is 4.47 Å². The Morgan fingerprint density at radius 1 is 1.37 bits per heavy atom. The van der Waals surface area contributed by atoms with Crippen molar-refractivity contribution in [1.29, 1.82) is 5.26 Å². The van der Waals surface area contributed by atoms with Crippen molar-refractivity contribution in [3.63, 3.8) is 0 Å². The summed E-state index contributed by atoms with van der Waals surface area (Å²) in [6.07, 6.45) is 2.00. The Morgan fingerprint density at radius 3 is 2.80 bits per heavy atom. The van der Waals surface area contributed by atoms with E-state index >= 15 is 0 Å². The van der Waals surface area contributed by atoms with Gasteiger partial charge in [0, 0.05) is 20.9 Å². The molecule has 0 saturated carbocycles. The number of aromatic nitrogens is 2. The van der Waals surface area contributed by atoms with E-state index in [-0.39, 0.29) is 22.9 Å². The topological polar surface area (TPSA) is 89.5 Å². The van der Waals surface area contributed by atoms with E-state index in [4.69, 9.17) is 26.3 Å². The quantitative estimate of drug-likeness (QED) is 0.403. The number of aryl methyl sites for hydroxylation is 1.